The van der Waals surface area contributed by atoms with Crippen molar-refractivity contribution in [2.75, 3.05) is 44.2 Å². The van der Waals surface area contributed by atoms with E-state index in [1.165, 1.54) is 5.56 Å². The van der Waals surface area contributed by atoms with Crippen LogP contribution in [0.1, 0.15) is 11.1 Å². The third kappa shape index (κ3) is 2.44. The van der Waals surface area contributed by atoms with E-state index in [0.29, 0.717) is 6.04 Å². The molecule has 2 aliphatic heterocycles. The van der Waals surface area contributed by atoms with Crippen molar-refractivity contribution >= 4 is 5.69 Å². The topological polar surface area (TPSA) is 42.3 Å². The highest BCUT2D eigenvalue weighted by molar-refractivity contribution is 5.62. The Hall–Kier alpha value is -1.57. The van der Waals surface area contributed by atoms with Gasteiger partial charge in [0.2, 0.25) is 0 Å². The van der Waals surface area contributed by atoms with E-state index in [1.54, 1.807) is 0 Å². The largest absolute Gasteiger partial charge is 0.367 e. The molecule has 0 amide bonds. The van der Waals surface area contributed by atoms with Crippen LogP contribution in [0.5, 0.6) is 0 Å². The molecule has 0 spiro atoms. The smallest absolute Gasteiger partial charge is 0.101 e. The van der Waals surface area contributed by atoms with E-state index in [1.807, 2.05) is 12.1 Å². The zero-order valence-electron chi connectivity index (χ0n) is 11.4. The van der Waals surface area contributed by atoms with E-state index in [4.69, 9.17) is 0 Å². The van der Waals surface area contributed by atoms with Gasteiger partial charge in [-0.1, -0.05) is 6.07 Å². The highest BCUT2D eigenvalue weighted by Crippen LogP contribution is 2.28. The Kier molecular flexibility index (Phi) is 3.41. The van der Waals surface area contributed by atoms with Crippen LogP contribution in [-0.4, -0.2) is 50.2 Å². The SMILES string of the molecule is Cc1ccc(C#N)c(N2CC(N3CCNCC3)C2)c1. The summed E-state index contributed by atoms with van der Waals surface area (Å²) >= 11 is 0. The molecular formula is C15H20N4. The lowest BCUT2D eigenvalue weighted by molar-refractivity contribution is 0.147. The van der Waals surface area contributed by atoms with Crippen LogP contribution in [0.25, 0.3) is 0 Å². The zero-order chi connectivity index (χ0) is 13.2. The molecule has 2 fully saturated rings. The number of rotatable bonds is 2. The summed E-state index contributed by atoms with van der Waals surface area (Å²) in [5.41, 5.74) is 3.12. The average Bonchev–Trinajstić information content (AvgIpc) is 2.39. The molecule has 19 heavy (non-hydrogen) atoms. The van der Waals surface area contributed by atoms with Crippen LogP contribution in [0.3, 0.4) is 0 Å². The van der Waals surface area contributed by atoms with E-state index in [2.05, 4.69) is 34.2 Å². The number of nitrogens with one attached hydrogen (secondary N) is 1. The molecule has 0 aliphatic carbocycles. The Morgan fingerprint density at radius 1 is 1.26 bits per heavy atom. The van der Waals surface area contributed by atoms with Gasteiger partial charge >= 0.3 is 0 Å². The third-order valence-corrected chi connectivity index (χ3v) is 4.14. The van der Waals surface area contributed by atoms with E-state index in [9.17, 15) is 5.26 Å². The number of benzene rings is 1. The first-order valence-electron chi connectivity index (χ1n) is 6.98. The fraction of sp³-hybridized carbons (Fsp3) is 0.533. The lowest BCUT2D eigenvalue weighted by Gasteiger charge is -2.48. The van der Waals surface area contributed by atoms with Gasteiger partial charge in [0.25, 0.3) is 0 Å². The fourth-order valence-corrected chi connectivity index (χ4v) is 2.93. The van der Waals surface area contributed by atoms with E-state index >= 15 is 0 Å². The van der Waals surface area contributed by atoms with Gasteiger partial charge in [0, 0.05) is 45.3 Å². The van der Waals surface area contributed by atoms with Crippen molar-refractivity contribution in [1.29, 1.82) is 5.26 Å². The molecule has 2 saturated heterocycles. The number of anilines is 1. The predicted molar refractivity (Wildman–Crippen MR) is 76.3 cm³/mol. The summed E-state index contributed by atoms with van der Waals surface area (Å²) in [5, 5.41) is 12.6. The van der Waals surface area contributed by atoms with Crippen molar-refractivity contribution in [2.45, 2.75) is 13.0 Å². The molecule has 0 atom stereocenters. The minimum atomic E-state index is 0.661. The first-order valence-corrected chi connectivity index (χ1v) is 6.98. The molecule has 0 bridgehead atoms. The Morgan fingerprint density at radius 3 is 2.68 bits per heavy atom. The second-order valence-corrected chi connectivity index (χ2v) is 5.48. The van der Waals surface area contributed by atoms with Gasteiger partial charge in [-0.2, -0.15) is 5.26 Å². The van der Waals surface area contributed by atoms with Gasteiger partial charge in [-0.3, -0.25) is 4.90 Å². The minimum absolute atomic E-state index is 0.661. The van der Waals surface area contributed by atoms with Gasteiger partial charge in [-0.25, -0.2) is 0 Å². The number of hydrogen-bond donors (Lipinski definition) is 1. The lowest BCUT2D eigenvalue weighted by atomic mass is 10.0. The van der Waals surface area contributed by atoms with Gasteiger partial charge in [-0.05, 0) is 24.6 Å². The van der Waals surface area contributed by atoms with Crippen molar-refractivity contribution in [2.24, 2.45) is 0 Å². The molecule has 1 N–H and O–H groups in total. The van der Waals surface area contributed by atoms with Crippen molar-refractivity contribution in [3.63, 3.8) is 0 Å². The van der Waals surface area contributed by atoms with Gasteiger partial charge in [0.05, 0.1) is 11.3 Å². The standard InChI is InChI=1S/C15H20N4/c1-12-2-3-13(9-16)15(8-12)19-10-14(11-19)18-6-4-17-5-7-18/h2-3,8,14,17H,4-7,10-11H2,1H3. The summed E-state index contributed by atoms with van der Waals surface area (Å²) in [6.07, 6.45) is 0. The number of nitrogens with zero attached hydrogens (tertiary/aromatic N) is 3. The molecule has 2 heterocycles. The number of piperazine rings is 1. The Morgan fingerprint density at radius 2 is 2.00 bits per heavy atom. The highest BCUT2D eigenvalue weighted by Gasteiger charge is 2.33. The summed E-state index contributed by atoms with van der Waals surface area (Å²) in [6, 6.07) is 9.04. The molecule has 0 radical (unpaired) electrons. The highest BCUT2D eigenvalue weighted by atomic mass is 15.3. The quantitative estimate of drug-likeness (QED) is 0.856. The van der Waals surface area contributed by atoms with Crippen LogP contribution in [0.2, 0.25) is 0 Å². The van der Waals surface area contributed by atoms with Gasteiger partial charge in [0.15, 0.2) is 0 Å². The molecule has 3 rings (SSSR count). The van der Waals surface area contributed by atoms with Gasteiger partial charge in [0.1, 0.15) is 6.07 Å². The van der Waals surface area contributed by atoms with Crippen molar-refractivity contribution in [1.82, 2.24) is 10.2 Å². The van der Waals surface area contributed by atoms with Crippen LogP contribution >= 0.6 is 0 Å². The summed E-state index contributed by atoms with van der Waals surface area (Å²) in [5.74, 6) is 0. The fourth-order valence-electron chi connectivity index (χ4n) is 2.93. The Bertz CT molecular complexity index is 493. The molecule has 4 heteroatoms. The maximum Gasteiger partial charge on any atom is 0.101 e. The summed E-state index contributed by atoms with van der Waals surface area (Å²) < 4.78 is 0. The number of hydrogen-bond acceptors (Lipinski definition) is 4. The second-order valence-electron chi connectivity index (χ2n) is 5.48. The molecule has 1 aromatic carbocycles. The van der Waals surface area contributed by atoms with E-state index < -0.39 is 0 Å². The summed E-state index contributed by atoms with van der Waals surface area (Å²) in [4.78, 5) is 4.90. The van der Waals surface area contributed by atoms with Crippen LogP contribution in [0.4, 0.5) is 5.69 Å². The molecule has 1 aromatic rings. The molecule has 0 aromatic heterocycles. The van der Waals surface area contributed by atoms with Gasteiger partial charge < -0.3 is 10.2 Å². The molecule has 0 saturated carbocycles. The van der Waals surface area contributed by atoms with Crippen molar-refractivity contribution < 1.29 is 0 Å². The number of aryl methyl sites for hydroxylation is 1. The van der Waals surface area contributed by atoms with Crippen LogP contribution in [0.15, 0.2) is 18.2 Å². The van der Waals surface area contributed by atoms with E-state index in [-0.39, 0.29) is 0 Å². The van der Waals surface area contributed by atoms with Crippen molar-refractivity contribution in [3.05, 3.63) is 29.3 Å². The lowest BCUT2D eigenvalue weighted by Crippen LogP contribution is -2.63. The summed E-state index contributed by atoms with van der Waals surface area (Å²) in [6.45, 7) is 8.69. The second kappa shape index (κ2) is 5.20. The summed E-state index contributed by atoms with van der Waals surface area (Å²) in [7, 11) is 0. The molecule has 2 aliphatic rings. The van der Waals surface area contributed by atoms with Crippen LogP contribution in [0, 0.1) is 18.3 Å². The molecule has 4 nitrogen and oxygen atoms in total. The third-order valence-electron chi connectivity index (χ3n) is 4.14. The predicted octanol–water partition coefficient (Wildman–Crippen LogP) is 0.960. The maximum absolute atomic E-state index is 9.20. The van der Waals surface area contributed by atoms with Crippen molar-refractivity contribution in [3.8, 4) is 6.07 Å². The normalized spacial score (nSPS) is 20.9. The Labute approximate surface area is 114 Å². The average molecular weight is 256 g/mol. The van der Waals surface area contributed by atoms with E-state index in [0.717, 1.165) is 50.5 Å². The molecular weight excluding hydrogens is 236 g/mol. The molecule has 0 unspecified atom stereocenters. The molecule has 100 valence electrons. The minimum Gasteiger partial charge on any atom is -0.367 e. The maximum atomic E-state index is 9.20. The number of nitriles is 1. The first-order chi connectivity index (χ1) is 9.28. The van der Waals surface area contributed by atoms with Gasteiger partial charge in [-0.15, -0.1) is 0 Å². The zero-order valence-corrected chi connectivity index (χ0v) is 11.4. The van der Waals surface area contributed by atoms with Crippen LogP contribution < -0.4 is 10.2 Å². The monoisotopic (exact) mass is 256 g/mol. The first kappa shape index (κ1) is 12.5. The van der Waals surface area contributed by atoms with Crippen LogP contribution in [-0.2, 0) is 0 Å². The Balaban J connectivity index is 1.67.